The minimum Gasteiger partial charge on any atom is -0.378 e. The molecule has 9 heteroatoms. The normalized spacial score (nSPS) is 20.7. The monoisotopic (exact) mass is 431 g/mol. The second-order valence-electron chi connectivity index (χ2n) is 7.35. The highest BCUT2D eigenvalue weighted by Crippen LogP contribution is 2.35. The maximum atomic E-state index is 13.0. The summed E-state index contributed by atoms with van der Waals surface area (Å²) in [6.45, 7) is 5.67. The smallest absolute Gasteiger partial charge is 0.243 e. The van der Waals surface area contributed by atoms with Crippen LogP contribution in [0.25, 0.3) is 0 Å². The summed E-state index contributed by atoms with van der Waals surface area (Å²) in [5.41, 5.74) is 7.21. The van der Waals surface area contributed by atoms with E-state index >= 15 is 0 Å². The molecule has 2 aliphatic heterocycles. The third-order valence-corrected chi connectivity index (χ3v) is 7.24. The van der Waals surface area contributed by atoms with E-state index in [0.717, 1.165) is 17.7 Å². The largest absolute Gasteiger partial charge is 0.378 e. The zero-order chi connectivity index (χ0) is 19.6. The Hall–Kier alpha value is -1.19. The highest BCUT2D eigenvalue weighted by molar-refractivity contribution is 7.89. The first-order chi connectivity index (χ1) is 12.8. The number of anilines is 1. The molecule has 0 bridgehead atoms. The molecule has 2 N–H and O–H groups in total. The van der Waals surface area contributed by atoms with Gasteiger partial charge in [-0.1, -0.05) is 0 Å². The number of halogens is 1. The maximum Gasteiger partial charge on any atom is 0.243 e. The van der Waals surface area contributed by atoms with Gasteiger partial charge in [-0.3, -0.25) is 4.79 Å². The van der Waals surface area contributed by atoms with Gasteiger partial charge < -0.3 is 15.4 Å². The van der Waals surface area contributed by atoms with Gasteiger partial charge in [0.2, 0.25) is 15.9 Å². The van der Waals surface area contributed by atoms with Crippen molar-refractivity contribution in [2.24, 2.45) is 5.73 Å². The summed E-state index contributed by atoms with van der Waals surface area (Å²) >= 11 is 0. The van der Waals surface area contributed by atoms with Crippen molar-refractivity contribution in [2.75, 3.05) is 31.1 Å². The first-order valence-corrected chi connectivity index (χ1v) is 11.0. The molecule has 0 saturated carbocycles. The molecular weight excluding hydrogens is 402 g/mol. The molecule has 2 aliphatic rings. The van der Waals surface area contributed by atoms with Crippen LogP contribution < -0.4 is 10.6 Å². The topological polar surface area (TPSA) is 92.9 Å². The van der Waals surface area contributed by atoms with Crippen molar-refractivity contribution in [1.29, 1.82) is 0 Å². The third-order valence-electron chi connectivity index (χ3n) is 5.35. The summed E-state index contributed by atoms with van der Waals surface area (Å²) in [5, 5.41) is 0. The Labute approximate surface area is 173 Å². The Morgan fingerprint density at radius 3 is 2.57 bits per heavy atom. The standard InChI is InChI=1S/C19H29N3O4S.ClH/c1-14-12-16-13-18(4-5-19(16)22(14)15(2)23)27(24,25)21-9-6-17(7-10-21)26-11-3-8-20;/h4-5,13-14,17H,3,6-12,20H2,1-2H3;1H. The minimum absolute atomic E-state index is 0. The van der Waals surface area contributed by atoms with Gasteiger partial charge in [0.05, 0.1) is 11.0 Å². The van der Waals surface area contributed by atoms with Crippen molar-refractivity contribution in [2.45, 2.75) is 56.6 Å². The second-order valence-corrected chi connectivity index (χ2v) is 9.29. The Morgan fingerprint density at radius 2 is 1.96 bits per heavy atom. The van der Waals surface area contributed by atoms with Crippen molar-refractivity contribution in [3.63, 3.8) is 0 Å². The molecule has 158 valence electrons. The molecular formula is C19H30ClN3O4S. The van der Waals surface area contributed by atoms with Gasteiger partial charge in [0.15, 0.2) is 0 Å². The fourth-order valence-electron chi connectivity index (χ4n) is 3.97. The van der Waals surface area contributed by atoms with Crippen LogP contribution in [-0.4, -0.2) is 57.0 Å². The van der Waals surface area contributed by atoms with E-state index in [1.807, 2.05) is 6.92 Å². The maximum absolute atomic E-state index is 13.0. The predicted molar refractivity (Wildman–Crippen MR) is 111 cm³/mol. The number of benzene rings is 1. The summed E-state index contributed by atoms with van der Waals surface area (Å²) in [7, 11) is -3.53. The summed E-state index contributed by atoms with van der Waals surface area (Å²) in [4.78, 5) is 13.9. The van der Waals surface area contributed by atoms with Crippen LogP contribution in [0.5, 0.6) is 0 Å². The average molecular weight is 432 g/mol. The summed E-state index contributed by atoms with van der Waals surface area (Å²) < 4.78 is 33.4. The van der Waals surface area contributed by atoms with Crippen molar-refractivity contribution in [3.8, 4) is 0 Å². The summed E-state index contributed by atoms with van der Waals surface area (Å²) in [6.07, 6.45) is 3.00. The molecule has 1 aromatic rings. The van der Waals surface area contributed by atoms with Crippen LogP contribution in [0.1, 0.15) is 38.7 Å². The minimum atomic E-state index is -3.53. The number of fused-ring (bicyclic) bond motifs is 1. The molecule has 2 heterocycles. The molecule has 1 aromatic carbocycles. The number of nitrogens with two attached hydrogens (primary N) is 1. The van der Waals surface area contributed by atoms with Gasteiger partial charge in [0.25, 0.3) is 0 Å². The molecule has 0 spiro atoms. The van der Waals surface area contributed by atoms with Crippen LogP contribution in [0.15, 0.2) is 23.1 Å². The van der Waals surface area contributed by atoms with E-state index in [-0.39, 0.29) is 30.5 Å². The number of sulfonamides is 1. The van der Waals surface area contributed by atoms with E-state index in [1.165, 1.54) is 6.92 Å². The Morgan fingerprint density at radius 1 is 1.29 bits per heavy atom. The average Bonchev–Trinajstić information content (AvgIpc) is 2.97. The van der Waals surface area contributed by atoms with Gasteiger partial charge in [-0.25, -0.2) is 8.42 Å². The third kappa shape index (κ3) is 4.68. The van der Waals surface area contributed by atoms with E-state index in [1.54, 1.807) is 27.4 Å². The highest BCUT2D eigenvalue weighted by Gasteiger charge is 2.33. The van der Waals surface area contributed by atoms with Crippen molar-refractivity contribution in [1.82, 2.24) is 4.31 Å². The van der Waals surface area contributed by atoms with Crippen molar-refractivity contribution < 1.29 is 17.9 Å². The van der Waals surface area contributed by atoms with Gasteiger partial charge in [0, 0.05) is 38.3 Å². The lowest BCUT2D eigenvalue weighted by Gasteiger charge is -2.31. The fourth-order valence-corrected chi connectivity index (χ4v) is 5.49. The number of carbonyl (C=O) groups is 1. The predicted octanol–water partition coefficient (Wildman–Crippen LogP) is 1.92. The van der Waals surface area contributed by atoms with Crippen LogP contribution in [0.4, 0.5) is 5.69 Å². The lowest BCUT2D eigenvalue weighted by Crippen LogP contribution is -2.41. The van der Waals surface area contributed by atoms with Crippen LogP contribution in [-0.2, 0) is 26.0 Å². The molecule has 7 nitrogen and oxygen atoms in total. The molecule has 0 radical (unpaired) electrons. The summed E-state index contributed by atoms with van der Waals surface area (Å²) in [5.74, 6) is -0.0198. The second kappa shape index (κ2) is 9.54. The van der Waals surface area contributed by atoms with Crippen LogP contribution >= 0.6 is 12.4 Å². The Bertz CT molecular complexity index is 794. The molecule has 1 atom stereocenters. The van der Waals surface area contributed by atoms with E-state index < -0.39 is 10.0 Å². The number of carbonyl (C=O) groups excluding carboxylic acids is 1. The molecule has 28 heavy (non-hydrogen) atoms. The quantitative estimate of drug-likeness (QED) is 0.694. The number of rotatable bonds is 6. The van der Waals surface area contributed by atoms with E-state index in [2.05, 4.69) is 0 Å². The number of amides is 1. The number of hydrogen-bond donors (Lipinski definition) is 1. The van der Waals surface area contributed by atoms with Gasteiger partial charge in [-0.2, -0.15) is 4.31 Å². The van der Waals surface area contributed by atoms with Crippen LogP contribution in [0.3, 0.4) is 0 Å². The Kier molecular flexibility index (Phi) is 7.87. The molecule has 1 fully saturated rings. The number of ether oxygens (including phenoxy) is 1. The fraction of sp³-hybridized carbons (Fsp3) is 0.632. The molecule has 3 rings (SSSR count). The Balaban J connectivity index is 0.00000280. The van der Waals surface area contributed by atoms with Crippen LogP contribution in [0, 0.1) is 0 Å². The van der Waals surface area contributed by atoms with Gasteiger partial charge in [-0.15, -0.1) is 12.4 Å². The number of hydrogen-bond acceptors (Lipinski definition) is 5. The van der Waals surface area contributed by atoms with Gasteiger partial charge in [-0.05, 0) is 62.9 Å². The van der Waals surface area contributed by atoms with Gasteiger partial charge >= 0.3 is 0 Å². The number of nitrogens with zero attached hydrogens (tertiary/aromatic N) is 2. The molecule has 0 aromatic heterocycles. The SMILES string of the molecule is CC(=O)N1c2ccc(S(=O)(=O)N3CCC(OCCCN)CC3)cc2CC1C.Cl. The van der Waals surface area contributed by atoms with Crippen molar-refractivity contribution >= 4 is 34.0 Å². The zero-order valence-electron chi connectivity index (χ0n) is 16.5. The van der Waals surface area contributed by atoms with Crippen molar-refractivity contribution in [3.05, 3.63) is 23.8 Å². The highest BCUT2D eigenvalue weighted by atomic mass is 35.5. The van der Waals surface area contributed by atoms with E-state index in [0.29, 0.717) is 50.4 Å². The first-order valence-electron chi connectivity index (χ1n) is 9.59. The van der Waals surface area contributed by atoms with E-state index in [9.17, 15) is 13.2 Å². The molecule has 1 saturated heterocycles. The first kappa shape index (κ1) is 23.1. The zero-order valence-corrected chi connectivity index (χ0v) is 18.1. The number of piperidine rings is 1. The van der Waals surface area contributed by atoms with Gasteiger partial charge in [0.1, 0.15) is 0 Å². The van der Waals surface area contributed by atoms with Crippen LogP contribution in [0.2, 0.25) is 0 Å². The molecule has 0 aliphatic carbocycles. The lowest BCUT2D eigenvalue weighted by atomic mass is 10.1. The van der Waals surface area contributed by atoms with E-state index in [4.69, 9.17) is 10.5 Å². The lowest BCUT2D eigenvalue weighted by molar-refractivity contribution is -0.116. The molecule has 1 unspecified atom stereocenters. The summed E-state index contributed by atoms with van der Waals surface area (Å²) in [6, 6.07) is 5.16. The molecule has 1 amide bonds.